The summed E-state index contributed by atoms with van der Waals surface area (Å²) < 4.78 is 37.2. The van der Waals surface area contributed by atoms with Crippen molar-refractivity contribution in [1.82, 2.24) is 9.62 Å². The van der Waals surface area contributed by atoms with E-state index < -0.39 is 21.9 Å². The molecule has 0 spiro atoms. The van der Waals surface area contributed by atoms with E-state index in [4.69, 9.17) is 14.6 Å². The van der Waals surface area contributed by atoms with Gasteiger partial charge in [0.25, 0.3) is 0 Å². The summed E-state index contributed by atoms with van der Waals surface area (Å²) in [5.74, 6) is -1.06. The third kappa shape index (κ3) is 4.64. The van der Waals surface area contributed by atoms with Crippen LogP contribution in [0.2, 0.25) is 0 Å². The first-order valence-electron chi connectivity index (χ1n) is 8.00. The first-order chi connectivity index (χ1) is 12.3. The zero-order chi connectivity index (χ0) is 19.3. The summed E-state index contributed by atoms with van der Waals surface area (Å²) in [4.78, 5) is 24.4. The Morgan fingerprint density at radius 2 is 1.96 bits per heavy atom. The SMILES string of the molecule is COc1ccc(S(=O)(=O)NCCC(=O)N2CCC(C(=O)O)C2)cc1OC. The fraction of sp³-hybridized carbons (Fsp3) is 0.500. The summed E-state index contributed by atoms with van der Waals surface area (Å²) in [6.07, 6.45) is 0.372. The van der Waals surface area contributed by atoms with E-state index in [1.54, 1.807) is 0 Å². The molecule has 2 rings (SSSR count). The van der Waals surface area contributed by atoms with E-state index in [1.807, 2.05) is 0 Å². The molecule has 1 aromatic rings. The highest BCUT2D eigenvalue weighted by atomic mass is 32.2. The van der Waals surface area contributed by atoms with Crippen molar-refractivity contribution in [3.63, 3.8) is 0 Å². The number of amides is 1. The minimum Gasteiger partial charge on any atom is -0.493 e. The fourth-order valence-electron chi connectivity index (χ4n) is 2.71. The Bertz CT molecular complexity index is 779. The van der Waals surface area contributed by atoms with Gasteiger partial charge in [0.05, 0.1) is 25.0 Å². The third-order valence-corrected chi connectivity index (χ3v) is 5.65. The molecule has 1 amide bonds. The van der Waals surface area contributed by atoms with Crippen LogP contribution in [0, 0.1) is 5.92 Å². The van der Waals surface area contributed by atoms with E-state index in [1.165, 1.54) is 37.3 Å². The first kappa shape index (κ1) is 20.0. The normalized spacial score (nSPS) is 17.2. The van der Waals surface area contributed by atoms with Gasteiger partial charge >= 0.3 is 5.97 Å². The van der Waals surface area contributed by atoms with Crippen LogP contribution in [0.15, 0.2) is 23.1 Å². The van der Waals surface area contributed by atoms with Crippen LogP contribution < -0.4 is 14.2 Å². The molecular formula is C16H22N2O7S. The van der Waals surface area contributed by atoms with Crippen molar-refractivity contribution < 1.29 is 32.6 Å². The molecule has 1 aliphatic heterocycles. The highest BCUT2D eigenvalue weighted by molar-refractivity contribution is 7.89. The van der Waals surface area contributed by atoms with Gasteiger partial charge < -0.3 is 19.5 Å². The second kappa shape index (κ2) is 8.37. The van der Waals surface area contributed by atoms with Gasteiger partial charge in [-0.05, 0) is 18.6 Å². The van der Waals surface area contributed by atoms with Crippen LogP contribution >= 0.6 is 0 Å². The summed E-state index contributed by atoms with van der Waals surface area (Å²) in [6.45, 7) is 0.457. The van der Waals surface area contributed by atoms with Crippen molar-refractivity contribution in [1.29, 1.82) is 0 Å². The first-order valence-corrected chi connectivity index (χ1v) is 9.49. The number of likely N-dealkylation sites (tertiary alicyclic amines) is 1. The average Bonchev–Trinajstić information content (AvgIpc) is 3.11. The molecule has 1 fully saturated rings. The Hall–Kier alpha value is -2.33. The lowest BCUT2D eigenvalue weighted by atomic mass is 10.1. The van der Waals surface area contributed by atoms with Crippen molar-refractivity contribution in [3.05, 3.63) is 18.2 Å². The number of hydrogen-bond acceptors (Lipinski definition) is 6. The lowest BCUT2D eigenvalue weighted by Crippen LogP contribution is -2.33. The van der Waals surface area contributed by atoms with Crippen LogP contribution in [0.4, 0.5) is 0 Å². The van der Waals surface area contributed by atoms with E-state index in [9.17, 15) is 18.0 Å². The molecule has 1 saturated heterocycles. The second-order valence-electron chi connectivity index (χ2n) is 5.83. The van der Waals surface area contributed by atoms with Gasteiger partial charge in [0.2, 0.25) is 15.9 Å². The number of rotatable bonds is 8. The molecule has 0 radical (unpaired) electrons. The molecule has 0 saturated carbocycles. The van der Waals surface area contributed by atoms with Gasteiger partial charge in [-0.3, -0.25) is 9.59 Å². The number of methoxy groups -OCH3 is 2. The van der Waals surface area contributed by atoms with Crippen molar-refractivity contribution in [2.24, 2.45) is 5.92 Å². The number of sulfonamides is 1. The van der Waals surface area contributed by atoms with Crippen LogP contribution in [0.1, 0.15) is 12.8 Å². The van der Waals surface area contributed by atoms with E-state index in [-0.39, 0.29) is 36.1 Å². The Labute approximate surface area is 151 Å². The zero-order valence-electron chi connectivity index (χ0n) is 14.6. The van der Waals surface area contributed by atoms with Gasteiger partial charge in [-0.25, -0.2) is 13.1 Å². The van der Waals surface area contributed by atoms with Gasteiger partial charge in [-0.2, -0.15) is 0 Å². The van der Waals surface area contributed by atoms with Gasteiger partial charge in [-0.15, -0.1) is 0 Å². The predicted octanol–water partition coefficient (Wildman–Crippen LogP) is 0.305. The molecule has 0 aromatic heterocycles. The van der Waals surface area contributed by atoms with Gasteiger partial charge in [0.15, 0.2) is 11.5 Å². The van der Waals surface area contributed by atoms with Crippen molar-refractivity contribution in [2.75, 3.05) is 33.9 Å². The van der Waals surface area contributed by atoms with Crippen molar-refractivity contribution in [2.45, 2.75) is 17.7 Å². The maximum atomic E-state index is 12.3. The number of hydrogen-bond donors (Lipinski definition) is 2. The third-order valence-electron chi connectivity index (χ3n) is 4.19. The second-order valence-corrected chi connectivity index (χ2v) is 7.60. The molecular weight excluding hydrogens is 364 g/mol. The Kier molecular flexibility index (Phi) is 6.43. The maximum absolute atomic E-state index is 12.3. The number of carboxylic acids is 1. The molecule has 1 atom stereocenters. The number of carboxylic acid groups (broad SMARTS) is 1. The molecule has 1 aromatic carbocycles. The lowest BCUT2D eigenvalue weighted by molar-refractivity contribution is -0.141. The number of benzene rings is 1. The molecule has 26 heavy (non-hydrogen) atoms. The number of carbonyl (C=O) groups is 2. The monoisotopic (exact) mass is 386 g/mol. The summed E-state index contributed by atoms with van der Waals surface area (Å²) in [5, 5.41) is 8.95. The molecule has 0 bridgehead atoms. The van der Waals surface area contributed by atoms with Crippen molar-refractivity contribution in [3.8, 4) is 11.5 Å². The van der Waals surface area contributed by atoms with E-state index >= 15 is 0 Å². The molecule has 1 aliphatic rings. The molecule has 10 heteroatoms. The molecule has 144 valence electrons. The van der Waals surface area contributed by atoms with E-state index in [0.29, 0.717) is 18.7 Å². The van der Waals surface area contributed by atoms with Gasteiger partial charge in [0, 0.05) is 32.1 Å². The number of aliphatic carboxylic acids is 1. The molecule has 9 nitrogen and oxygen atoms in total. The van der Waals surface area contributed by atoms with Crippen LogP contribution in [0.25, 0.3) is 0 Å². The molecule has 1 unspecified atom stereocenters. The lowest BCUT2D eigenvalue weighted by Gasteiger charge is -2.16. The fourth-order valence-corrected chi connectivity index (χ4v) is 3.75. The van der Waals surface area contributed by atoms with Crippen LogP contribution in [0.3, 0.4) is 0 Å². The number of nitrogens with one attached hydrogen (secondary N) is 1. The smallest absolute Gasteiger partial charge is 0.308 e. The minimum atomic E-state index is -3.81. The topological polar surface area (TPSA) is 122 Å². The van der Waals surface area contributed by atoms with Crippen molar-refractivity contribution >= 4 is 21.9 Å². The van der Waals surface area contributed by atoms with Crippen LogP contribution in [-0.2, 0) is 19.6 Å². The minimum absolute atomic E-state index is 0.00490. The summed E-state index contributed by atoms with van der Waals surface area (Å²) in [5.41, 5.74) is 0. The quantitative estimate of drug-likeness (QED) is 0.659. The molecule has 2 N–H and O–H groups in total. The molecule has 1 heterocycles. The van der Waals surface area contributed by atoms with E-state index in [0.717, 1.165) is 0 Å². The average molecular weight is 386 g/mol. The van der Waals surface area contributed by atoms with Gasteiger partial charge in [0.1, 0.15) is 0 Å². The summed E-state index contributed by atoms with van der Waals surface area (Å²) in [6, 6.07) is 4.19. The number of nitrogens with zero attached hydrogens (tertiary/aromatic N) is 1. The maximum Gasteiger partial charge on any atom is 0.308 e. The summed E-state index contributed by atoms with van der Waals surface area (Å²) in [7, 11) is -0.961. The highest BCUT2D eigenvalue weighted by Gasteiger charge is 2.30. The Morgan fingerprint density at radius 1 is 1.27 bits per heavy atom. The highest BCUT2D eigenvalue weighted by Crippen LogP contribution is 2.29. The standard InChI is InChI=1S/C16H22N2O7S/c1-24-13-4-3-12(9-14(13)25-2)26(22,23)17-7-5-15(19)18-8-6-11(10-18)16(20)21/h3-4,9,11,17H,5-8,10H2,1-2H3,(H,20,21). The Balaban J connectivity index is 1.92. The zero-order valence-corrected chi connectivity index (χ0v) is 15.4. The Morgan fingerprint density at radius 3 is 2.54 bits per heavy atom. The predicted molar refractivity (Wildman–Crippen MR) is 91.7 cm³/mol. The van der Waals surface area contributed by atoms with E-state index in [2.05, 4.69) is 4.72 Å². The van der Waals surface area contributed by atoms with Crippen LogP contribution in [0.5, 0.6) is 11.5 Å². The largest absolute Gasteiger partial charge is 0.493 e. The molecule has 0 aliphatic carbocycles. The summed E-state index contributed by atoms with van der Waals surface area (Å²) >= 11 is 0. The van der Waals surface area contributed by atoms with Gasteiger partial charge in [-0.1, -0.05) is 0 Å². The number of carbonyl (C=O) groups excluding carboxylic acids is 1. The van der Waals surface area contributed by atoms with Crippen LogP contribution in [-0.4, -0.2) is 64.2 Å². The number of ether oxygens (including phenoxy) is 2.